The molecule has 0 bridgehead atoms. The Kier molecular flexibility index (Phi) is 4.12. The lowest BCUT2D eigenvalue weighted by Crippen LogP contribution is -2.05. The maximum absolute atomic E-state index is 13.2. The summed E-state index contributed by atoms with van der Waals surface area (Å²) < 4.78 is 18.6. The zero-order chi connectivity index (χ0) is 13.0. The number of ether oxygens (including phenoxy) is 1. The fourth-order valence-corrected chi connectivity index (χ4v) is 1.56. The Labute approximate surface area is 110 Å². The van der Waals surface area contributed by atoms with Crippen LogP contribution in [-0.4, -0.2) is 12.0 Å². The second-order valence-corrected chi connectivity index (χ2v) is 4.12. The number of hydrogen-bond acceptors (Lipinski definition) is 3. The van der Waals surface area contributed by atoms with Crippen molar-refractivity contribution >= 4 is 11.6 Å². The number of aromatic nitrogens is 1. The molecule has 0 saturated carbocycles. The molecule has 0 spiro atoms. The van der Waals surface area contributed by atoms with Gasteiger partial charge in [0.15, 0.2) is 0 Å². The van der Waals surface area contributed by atoms with E-state index in [4.69, 9.17) is 16.3 Å². The minimum atomic E-state index is -0.513. The summed E-state index contributed by atoms with van der Waals surface area (Å²) in [6.07, 6.45) is 1.71. The number of halogens is 2. The van der Waals surface area contributed by atoms with Gasteiger partial charge in [-0.05, 0) is 24.7 Å². The van der Waals surface area contributed by atoms with E-state index in [1.807, 2.05) is 13.1 Å². The molecular weight excluding hydrogens is 255 g/mol. The molecule has 5 heteroatoms. The van der Waals surface area contributed by atoms with Gasteiger partial charge in [-0.2, -0.15) is 0 Å². The molecule has 1 N–H and O–H groups in total. The zero-order valence-corrected chi connectivity index (χ0v) is 10.5. The van der Waals surface area contributed by atoms with Gasteiger partial charge in [-0.3, -0.25) is 0 Å². The van der Waals surface area contributed by atoms with Gasteiger partial charge in [-0.1, -0.05) is 17.7 Å². The Hall–Kier alpha value is -1.65. The second-order valence-electron chi connectivity index (χ2n) is 3.71. The van der Waals surface area contributed by atoms with Gasteiger partial charge in [-0.25, -0.2) is 9.37 Å². The minimum Gasteiger partial charge on any atom is -0.439 e. The number of benzene rings is 1. The van der Waals surface area contributed by atoms with Crippen LogP contribution in [0.1, 0.15) is 5.56 Å². The SMILES string of the molecule is CNCc1ccc(Oc2ccc(Cl)c(F)c2)nc1. The van der Waals surface area contributed by atoms with Crippen LogP contribution < -0.4 is 10.1 Å². The first kappa shape index (κ1) is 12.8. The molecule has 0 radical (unpaired) electrons. The van der Waals surface area contributed by atoms with Gasteiger partial charge in [-0.15, -0.1) is 0 Å². The van der Waals surface area contributed by atoms with Crippen molar-refractivity contribution in [3.05, 3.63) is 52.9 Å². The van der Waals surface area contributed by atoms with Gasteiger partial charge in [0.1, 0.15) is 11.6 Å². The molecule has 18 heavy (non-hydrogen) atoms. The minimum absolute atomic E-state index is 0.0691. The van der Waals surface area contributed by atoms with Crippen LogP contribution in [-0.2, 0) is 6.54 Å². The fourth-order valence-electron chi connectivity index (χ4n) is 1.44. The predicted molar refractivity (Wildman–Crippen MR) is 68.5 cm³/mol. The molecule has 1 aromatic carbocycles. The summed E-state index contributed by atoms with van der Waals surface area (Å²) in [6.45, 7) is 0.739. The highest BCUT2D eigenvalue weighted by Gasteiger charge is 2.03. The molecule has 0 unspecified atom stereocenters. The highest BCUT2D eigenvalue weighted by atomic mass is 35.5. The average Bonchev–Trinajstić information content (AvgIpc) is 2.37. The van der Waals surface area contributed by atoms with Gasteiger partial charge in [0, 0.05) is 24.9 Å². The Morgan fingerprint density at radius 2 is 2.17 bits per heavy atom. The van der Waals surface area contributed by atoms with Crippen LogP contribution in [0.3, 0.4) is 0 Å². The maximum atomic E-state index is 13.2. The van der Waals surface area contributed by atoms with Crippen LogP contribution in [0.15, 0.2) is 36.5 Å². The summed E-state index contributed by atoms with van der Waals surface area (Å²) in [7, 11) is 1.86. The molecule has 0 amide bonds. The topological polar surface area (TPSA) is 34.1 Å². The standard InChI is InChI=1S/C13H12ClFN2O/c1-16-7-9-2-5-13(17-8-9)18-10-3-4-11(14)12(15)6-10/h2-6,8,16H,7H2,1H3. The van der Waals surface area contributed by atoms with Crippen molar-refractivity contribution in [1.29, 1.82) is 0 Å². The monoisotopic (exact) mass is 266 g/mol. The van der Waals surface area contributed by atoms with E-state index in [2.05, 4.69) is 10.3 Å². The van der Waals surface area contributed by atoms with Crippen molar-refractivity contribution in [2.45, 2.75) is 6.54 Å². The highest BCUT2D eigenvalue weighted by Crippen LogP contribution is 2.24. The zero-order valence-electron chi connectivity index (χ0n) is 9.78. The smallest absolute Gasteiger partial charge is 0.219 e. The highest BCUT2D eigenvalue weighted by molar-refractivity contribution is 6.30. The van der Waals surface area contributed by atoms with Crippen LogP contribution in [0.25, 0.3) is 0 Å². The van der Waals surface area contributed by atoms with Crippen LogP contribution in [0.5, 0.6) is 11.6 Å². The largest absolute Gasteiger partial charge is 0.439 e. The molecule has 2 aromatic rings. The normalized spacial score (nSPS) is 10.4. The van der Waals surface area contributed by atoms with Gasteiger partial charge >= 0.3 is 0 Å². The molecule has 0 aliphatic heterocycles. The van der Waals surface area contributed by atoms with Crippen molar-refractivity contribution in [2.24, 2.45) is 0 Å². The van der Waals surface area contributed by atoms with E-state index in [0.717, 1.165) is 12.1 Å². The Morgan fingerprint density at radius 3 is 2.78 bits per heavy atom. The van der Waals surface area contributed by atoms with E-state index >= 15 is 0 Å². The third-order valence-corrected chi connectivity index (χ3v) is 2.60. The molecule has 1 aromatic heterocycles. The van der Waals surface area contributed by atoms with E-state index in [0.29, 0.717) is 11.6 Å². The van der Waals surface area contributed by atoms with E-state index in [1.54, 1.807) is 18.3 Å². The van der Waals surface area contributed by atoms with Crippen molar-refractivity contribution in [3.63, 3.8) is 0 Å². The van der Waals surface area contributed by atoms with Gasteiger partial charge < -0.3 is 10.1 Å². The van der Waals surface area contributed by atoms with Crippen molar-refractivity contribution in [1.82, 2.24) is 10.3 Å². The fraction of sp³-hybridized carbons (Fsp3) is 0.154. The Bertz CT molecular complexity index is 531. The molecular formula is C13H12ClFN2O. The molecule has 2 rings (SSSR count). The lowest BCUT2D eigenvalue weighted by atomic mass is 10.3. The first-order valence-corrected chi connectivity index (χ1v) is 5.79. The second kappa shape index (κ2) is 5.80. The quantitative estimate of drug-likeness (QED) is 0.921. The summed E-state index contributed by atoms with van der Waals surface area (Å²) in [5.41, 5.74) is 1.05. The van der Waals surface area contributed by atoms with Crippen molar-refractivity contribution < 1.29 is 9.13 Å². The summed E-state index contributed by atoms with van der Waals surface area (Å²) in [4.78, 5) is 4.13. The predicted octanol–water partition coefficient (Wildman–Crippen LogP) is 3.39. The Morgan fingerprint density at radius 1 is 1.33 bits per heavy atom. The van der Waals surface area contributed by atoms with E-state index < -0.39 is 5.82 Å². The van der Waals surface area contributed by atoms with Gasteiger partial charge in [0.05, 0.1) is 5.02 Å². The van der Waals surface area contributed by atoms with Crippen LogP contribution >= 0.6 is 11.6 Å². The number of pyridine rings is 1. The first-order valence-electron chi connectivity index (χ1n) is 5.41. The third kappa shape index (κ3) is 3.18. The lowest BCUT2D eigenvalue weighted by Gasteiger charge is -2.06. The van der Waals surface area contributed by atoms with Crippen molar-refractivity contribution in [2.75, 3.05) is 7.05 Å². The van der Waals surface area contributed by atoms with E-state index in [9.17, 15) is 4.39 Å². The van der Waals surface area contributed by atoms with Crippen LogP contribution in [0, 0.1) is 5.82 Å². The molecule has 1 heterocycles. The summed E-state index contributed by atoms with van der Waals surface area (Å²) >= 11 is 5.59. The van der Waals surface area contributed by atoms with E-state index in [1.165, 1.54) is 12.1 Å². The van der Waals surface area contributed by atoms with Crippen LogP contribution in [0.4, 0.5) is 4.39 Å². The summed E-state index contributed by atoms with van der Waals surface area (Å²) in [5.74, 6) is 0.267. The third-order valence-electron chi connectivity index (χ3n) is 2.29. The molecule has 94 valence electrons. The number of nitrogens with one attached hydrogen (secondary N) is 1. The van der Waals surface area contributed by atoms with Crippen molar-refractivity contribution in [3.8, 4) is 11.6 Å². The molecule has 0 aliphatic rings. The maximum Gasteiger partial charge on any atom is 0.219 e. The number of nitrogens with zero attached hydrogens (tertiary/aromatic N) is 1. The molecule has 0 aliphatic carbocycles. The van der Waals surface area contributed by atoms with Gasteiger partial charge in [0.25, 0.3) is 0 Å². The van der Waals surface area contributed by atoms with Crippen LogP contribution in [0.2, 0.25) is 5.02 Å². The number of hydrogen-bond donors (Lipinski definition) is 1. The summed E-state index contributed by atoms with van der Waals surface area (Å²) in [5, 5.41) is 3.09. The molecule has 0 atom stereocenters. The Balaban J connectivity index is 2.10. The van der Waals surface area contributed by atoms with E-state index in [-0.39, 0.29) is 5.02 Å². The molecule has 0 saturated heterocycles. The number of rotatable bonds is 4. The first-order chi connectivity index (χ1) is 8.69. The lowest BCUT2D eigenvalue weighted by molar-refractivity contribution is 0.457. The average molecular weight is 267 g/mol. The molecule has 0 fully saturated rings. The summed E-state index contributed by atoms with van der Waals surface area (Å²) in [6, 6.07) is 7.89. The molecule has 3 nitrogen and oxygen atoms in total. The van der Waals surface area contributed by atoms with Gasteiger partial charge in [0.2, 0.25) is 5.88 Å².